The van der Waals surface area contributed by atoms with Crippen LogP contribution in [0.15, 0.2) is 36.4 Å². The Morgan fingerprint density at radius 3 is 2.90 bits per heavy atom. The molecule has 0 spiro atoms. The number of halogens is 1. The molecule has 1 aliphatic heterocycles. The number of hydrogen-bond acceptors (Lipinski definition) is 2. The van der Waals surface area contributed by atoms with Crippen LogP contribution in [0, 0.1) is 6.92 Å². The first kappa shape index (κ1) is 13.2. The van der Waals surface area contributed by atoms with Gasteiger partial charge in [0.1, 0.15) is 5.75 Å². The first-order valence-electron chi connectivity index (χ1n) is 6.68. The third kappa shape index (κ3) is 2.44. The third-order valence-corrected chi connectivity index (χ3v) is 3.88. The molecule has 2 aromatic carbocycles. The maximum absolute atomic E-state index is 12.5. The Labute approximate surface area is 123 Å². The van der Waals surface area contributed by atoms with Crippen LogP contribution in [0.25, 0.3) is 0 Å². The van der Waals surface area contributed by atoms with Crippen molar-refractivity contribution in [3.05, 3.63) is 63.7 Å². The minimum Gasteiger partial charge on any atom is -0.492 e. The van der Waals surface area contributed by atoms with Gasteiger partial charge in [0.05, 0.1) is 12.2 Å². The number of Topliss-reactive ketones (excluding diaryl/α,β-unsaturated/α-hetero) is 1. The lowest BCUT2D eigenvalue weighted by Gasteiger charge is -2.09. The van der Waals surface area contributed by atoms with Crippen LogP contribution >= 0.6 is 11.6 Å². The molecule has 102 valence electrons. The summed E-state index contributed by atoms with van der Waals surface area (Å²) in [4.78, 5) is 12.5. The van der Waals surface area contributed by atoms with Crippen molar-refractivity contribution in [1.82, 2.24) is 0 Å². The highest BCUT2D eigenvalue weighted by Gasteiger charge is 2.22. The van der Waals surface area contributed by atoms with E-state index < -0.39 is 0 Å². The molecule has 0 bridgehead atoms. The smallest absolute Gasteiger partial charge is 0.171 e. The summed E-state index contributed by atoms with van der Waals surface area (Å²) in [6.07, 6.45) is 1.20. The lowest BCUT2D eigenvalue weighted by Crippen LogP contribution is -2.07. The van der Waals surface area contributed by atoms with Crippen molar-refractivity contribution in [2.24, 2.45) is 0 Å². The largest absolute Gasteiger partial charge is 0.492 e. The van der Waals surface area contributed by atoms with Gasteiger partial charge in [-0.05, 0) is 35.7 Å². The molecule has 1 heterocycles. The normalized spacial score (nSPS) is 12.9. The van der Waals surface area contributed by atoms with E-state index in [1.54, 1.807) is 6.07 Å². The number of rotatable bonds is 3. The molecule has 3 heteroatoms. The maximum Gasteiger partial charge on any atom is 0.171 e. The summed E-state index contributed by atoms with van der Waals surface area (Å²) in [5.74, 6) is 0.771. The van der Waals surface area contributed by atoms with Gasteiger partial charge < -0.3 is 4.74 Å². The minimum absolute atomic E-state index is 0.0555. The lowest BCUT2D eigenvalue weighted by molar-refractivity contribution is 0.0989. The molecule has 2 aromatic rings. The lowest BCUT2D eigenvalue weighted by atomic mass is 9.97. The molecule has 0 saturated heterocycles. The molecule has 0 saturated carbocycles. The Balaban J connectivity index is 1.94. The molecule has 0 aromatic heterocycles. The number of hydrogen-bond donors (Lipinski definition) is 0. The highest BCUT2D eigenvalue weighted by molar-refractivity contribution is 6.31. The fraction of sp³-hybridized carbons (Fsp3) is 0.235. The molecule has 3 rings (SSSR count). The van der Waals surface area contributed by atoms with Gasteiger partial charge in [-0.25, -0.2) is 0 Å². The molecule has 0 aliphatic carbocycles. The fourth-order valence-electron chi connectivity index (χ4n) is 2.55. The van der Waals surface area contributed by atoms with E-state index in [-0.39, 0.29) is 5.78 Å². The summed E-state index contributed by atoms with van der Waals surface area (Å²) >= 11 is 6.10. The van der Waals surface area contributed by atoms with E-state index in [1.807, 2.05) is 37.3 Å². The number of ether oxygens (including phenoxy) is 1. The Bertz CT molecular complexity index is 677. The third-order valence-electron chi connectivity index (χ3n) is 3.66. The highest BCUT2D eigenvalue weighted by atomic mass is 35.5. The summed E-state index contributed by atoms with van der Waals surface area (Å²) in [5, 5.41) is 0.599. The first-order chi connectivity index (χ1) is 9.65. The predicted octanol–water partition coefficient (Wildman–Crippen LogP) is 4.01. The summed E-state index contributed by atoms with van der Waals surface area (Å²) in [6.45, 7) is 2.64. The Morgan fingerprint density at radius 1 is 1.30 bits per heavy atom. The Morgan fingerprint density at radius 2 is 2.10 bits per heavy atom. The van der Waals surface area contributed by atoms with Gasteiger partial charge in [0.25, 0.3) is 0 Å². The molecular formula is C17H15ClO2. The van der Waals surface area contributed by atoms with Gasteiger partial charge in [-0.3, -0.25) is 4.79 Å². The van der Waals surface area contributed by atoms with Crippen molar-refractivity contribution in [2.45, 2.75) is 19.8 Å². The van der Waals surface area contributed by atoms with Crippen LogP contribution in [0.3, 0.4) is 0 Å². The Hall–Kier alpha value is -1.80. The van der Waals surface area contributed by atoms with E-state index >= 15 is 0 Å². The van der Waals surface area contributed by atoms with Gasteiger partial charge in [-0.15, -0.1) is 0 Å². The topological polar surface area (TPSA) is 26.3 Å². The summed E-state index contributed by atoms with van der Waals surface area (Å²) in [7, 11) is 0. The van der Waals surface area contributed by atoms with E-state index in [0.29, 0.717) is 29.4 Å². The number of benzene rings is 2. The quantitative estimate of drug-likeness (QED) is 0.797. The van der Waals surface area contributed by atoms with Crippen LogP contribution in [0.4, 0.5) is 0 Å². The number of fused-ring (bicyclic) bond motifs is 1. The average Bonchev–Trinajstić information content (AvgIpc) is 2.88. The molecule has 1 aliphatic rings. The molecule has 2 nitrogen and oxygen atoms in total. The van der Waals surface area contributed by atoms with Gasteiger partial charge in [0, 0.05) is 17.9 Å². The zero-order valence-corrected chi connectivity index (χ0v) is 12.0. The molecule has 0 atom stereocenters. The fourth-order valence-corrected chi connectivity index (χ4v) is 2.79. The van der Waals surface area contributed by atoms with E-state index in [0.717, 1.165) is 23.1 Å². The monoisotopic (exact) mass is 286 g/mol. The minimum atomic E-state index is 0.0555. The first-order valence-corrected chi connectivity index (χ1v) is 7.06. The molecule has 0 unspecified atom stereocenters. The van der Waals surface area contributed by atoms with Crippen molar-refractivity contribution < 1.29 is 9.53 Å². The van der Waals surface area contributed by atoms with Gasteiger partial charge in [0.2, 0.25) is 0 Å². The van der Waals surface area contributed by atoms with Gasteiger partial charge >= 0.3 is 0 Å². The molecule has 0 amide bonds. The van der Waals surface area contributed by atoms with Crippen molar-refractivity contribution >= 4 is 17.4 Å². The van der Waals surface area contributed by atoms with Gasteiger partial charge in [-0.2, -0.15) is 0 Å². The second kappa shape index (κ2) is 5.29. The van der Waals surface area contributed by atoms with Gasteiger partial charge in [-0.1, -0.05) is 35.9 Å². The Kier molecular flexibility index (Phi) is 3.49. The van der Waals surface area contributed by atoms with Crippen LogP contribution in [-0.4, -0.2) is 12.4 Å². The summed E-state index contributed by atoms with van der Waals surface area (Å²) in [6, 6.07) is 11.5. The maximum atomic E-state index is 12.5. The standard InChI is InChI=1S/C17H15ClO2/c1-11-4-2-3-5-12(11)9-16(19)15-10-14(18)8-13-6-7-20-17(13)15/h2-5,8,10H,6-7,9H2,1H3. The van der Waals surface area contributed by atoms with Crippen molar-refractivity contribution in [1.29, 1.82) is 0 Å². The highest BCUT2D eigenvalue weighted by Crippen LogP contribution is 2.33. The molecule has 0 fully saturated rings. The second-order valence-electron chi connectivity index (χ2n) is 5.07. The van der Waals surface area contributed by atoms with Crippen LogP contribution in [0.2, 0.25) is 5.02 Å². The summed E-state index contributed by atoms with van der Waals surface area (Å²) < 4.78 is 5.59. The van der Waals surface area contributed by atoms with Gasteiger partial charge in [0.15, 0.2) is 5.78 Å². The molecular weight excluding hydrogens is 272 g/mol. The predicted molar refractivity (Wildman–Crippen MR) is 79.9 cm³/mol. The number of aryl methyl sites for hydroxylation is 1. The molecule has 0 N–H and O–H groups in total. The average molecular weight is 287 g/mol. The van der Waals surface area contributed by atoms with Crippen LogP contribution < -0.4 is 4.74 Å². The van der Waals surface area contributed by atoms with Crippen molar-refractivity contribution in [3.8, 4) is 5.75 Å². The van der Waals surface area contributed by atoms with E-state index in [9.17, 15) is 4.79 Å². The SMILES string of the molecule is Cc1ccccc1CC(=O)c1cc(Cl)cc2c1OCC2. The molecule has 20 heavy (non-hydrogen) atoms. The van der Waals surface area contributed by atoms with Crippen LogP contribution in [0.5, 0.6) is 5.75 Å². The summed E-state index contributed by atoms with van der Waals surface area (Å²) in [5.41, 5.74) is 3.81. The molecule has 0 radical (unpaired) electrons. The van der Waals surface area contributed by atoms with E-state index in [2.05, 4.69) is 0 Å². The van der Waals surface area contributed by atoms with E-state index in [4.69, 9.17) is 16.3 Å². The zero-order chi connectivity index (χ0) is 14.1. The van der Waals surface area contributed by atoms with Crippen molar-refractivity contribution in [3.63, 3.8) is 0 Å². The van der Waals surface area contributed by atoms with Crippen LogP contribution in [-0.2, 0) is 12.8 Å². The number of carbonyl (C=O) groups is 1. The number of carbonyl (C=O) groups excluding carboxylic acids is 1. The zero-order valence-electron chi connectivity index (χ0n) is 11.3. The number of ketones is 1. The van der Waals surface area contributed by atoms with E-state index in [1.165, 1.54) is 0 Å². The van der Waals surface area contributed by atoms with Crippen LogP contribution in [0.1, 0.15) is 27.0 Å². The second-order valence-corrected chi connectivity index (χ2v) is 5.50. The van der Waals surface area contributed by atoms with Crippen molar-refractivity contribution in [2.75, 3.05) is 6.61 Å².